The first kappa shape index (κ1) is 10.6. The van der Waals surface area contributed by atoms with Gasteiger partial charge in [0, 0.05) is 0 Å². The molecule has 0 spiro atoms. The first-order valence-electron chi connectivity index (χ1n) is 4.92. The van der Waals surface area contributed by atoms with Gasteiger partial charge in [0.05, 0.1) is 0 Å². The highest BCUT2D eigenvalue weighted by atomic mass is 16.5. The summed E-state index contributed by atoms with van der Waals surface area (Å²) in [6, 6.07) is 0. The van der Waals surface area contributed by atoms with Gasteiger partial charge in [-0.25, -0.2) is 0 Å². The fourth-order valence-corrected chi connectivity index (χ4v) is 1.44. The molecule has 0 atom stereocenters. The Labute approximate surface area is 80.3 Å². The van der Waals surface area contributed by atoms with E-state index < -0.39 is 0 Å². The maximum Gasteiger partial charge on any atom is 0.280 e. The van der Waals surface area contributed by atoms with E-state index >= 15 is 0 Å². The Morgan fingerprint density at radius 3 is 2.31 bits per heavy atom. The third-order valence-corrected chi connectivity index (χ3v) is 2.08. The van der Waals surface area contributed by atoms with Gasteiger partial charge in [-0.1, -0.05) is 12.6 Å². The van der Waals surface area contributed by atoms with E-state index in [2.05, 4.69) is 5.32 Å². The van der Waals surface area contributed by atoms with Gasteiger partial charge in [0.1, 0.15) is 5.60 Å². The van der Waals surface area contributed by atoms with E-state index in [1.165, 1.54) is 0 Å². The Morgan fingerprint density at radius 1 is 1.31 bits per heavy atom. The zero-order valence-electron chi connectivity index (χ0n) is 8.72. The van der Waals surface area contributed by atoms with E-state index in [1.54, 1.807) is 0 Å². The van der Waals surface area contributed by atoms with Crippen LogP contribution in [0.2, 0.25) is 12.6 Å². The van der Waals surface area contributed by atoms with Crippen molar-refractivity contribution in [3.63, 3.8) is 0 Å². The third kappa shape index (κ3) is 3.81. The first-order valence-corrected chi connectivity index (χ1v) is 4.92. The third-order valence-electron chi connectivity index (χ3n) is 2.08. The molecule has 13 heavy (non-hydrogen) atoms. The van der Waals surface area contributed by atoms with Crippen molar-refractivity contribution in [3.05, 3.63) is 0 Å². The van der Waals surface area contributed by atoms with Crippen LogP contribution in [0, 0.1) is 0 Å². The summed E-state index contributed by atoms with van der Waals surface area (Å²) in [6.07, 6.45) is 1.82. The second-order valence-electron chi connectivity index (χ2n) is 4.56. The van der Waals surface area contributed by atoms with Crippen LogP contribution in [0.25, 0.3) is 0 Å². The van der Waals surface area contributed by atoms with Crippen molar-refractivity contribution in [2.45, 2.75) is 39.0 Å². The molecule has 0 radical (unpaired) electrons. The average Bonchev–Trinajstić information content (AvgIpc) is 2.03. The number of carbonyl (C=O) groups is 1. The largest absolute Gasteiger partial charge is 0.468 e. The smallest absolute Gasteiger partial charge is 0.280 e. The van der Waals surface area contributed by atoms with Gasteiger partial charge in [-0.15, -0.1) is 0 Å². The first-order chi connectivity index (χ1) is 5.99. The lowest BCUT2D eigenvalue weighted by atomic mass is 9.44. The van der Waals surface area contributed by atoms with Crippen LogP contribution in [-0.4, -0.2) is 31.3 Å². The van der Waals surface area contributed by atoms with Crippen LogP contribution < -0.4 is 5.32 Å². The Hall–Kier alpha value is -0.505. The van der Waals surface area contributed by atoms with Gasteiger partial charge in [0.2, 0.25) is 0 Å². The van der Waals surface area contributed by atoms with Gasteiger partial charge in [-0.2, -0.15) is 0 Å². The van der Waals surface area contributed by atoms with Crippen LogP contribution in [0.1, 0.15) is 20.8 Å². The number of ether oxygens (including phenoxy) is 1. The SMILES string of the molecule is CC(C)(C)OC(=O)B1CCNCC1. The maximum atomic E-state index is 11.6. The lowest BCUT2D eigenvalue weighted by Gasteiger charge is -2.24. The molecule has 0 saturated carbocycles. The summed E-state index contributed by atoms with van der Waals surface area (Å²) < 4.78 is 5.31. The molecule has 1 fully saturated rings. The zero-order valence-corrected chi connectivity index (χ0v) is 8.72. The van der Waals surface area contributed by atoms with Gasteiger partial charge >= 0.3 is 0 Å². The van der Waals surface area contributed by atoms with Crippen molar-refractivity contribution in [2.24, 2.45) is 0 Å². The van der Waals surface area contributed by atoms with Crippen molar-refractivity contribution >= 4 is 12.6 Å². The van der Waals surface area contributed by atoms with Crippen LogP contribution in [-0.2, 0) is 4.74 Å². The number of hydrogen-bond acceptors (Lipinski definition) is 3. The lowest BCUT2D eigenvalue weighted by molar-refractivity contribution is 0.0708. The number of nitrogens with one attached hydrogen (secondary N) is 1. The van der Waals surface area contributed by atoms with Crippen LogP contribution in [0.15, 0.2) is 0 Å². The molecule has 0 amide bonds. The van der Waals surface area contributed by atoms with Gasteiger partial charge in [0.25, 0.3) is 12.6 Å². The summed E-state index contributed by atoms with van der Waals surface area (Å²) in [5.74, 6) is -0.0333. The van der Waals surface area contributed by atoms with E-state index in [-0.39, 0.29) is 18.2 Å². The molecule has 0 aliphatic carbocycles. The Morgan fingerprint density at radius 2 is 1.85 bits per heavy atom. The highest BCUT2D eigenvalue weighted by Crippen LogP contribution is 2.13. The molecule has 1 N–H and O–H groups in total. The predicted octanol–water partition coefficient (Wildman–Crippen LogP) is 1.60. The van der Waals surface area contributed by atoms with E-state index in [1.807, 2.05) is 20.8 Å². The molecule has 1 aliphatic rings. The second kappa shape index (κ2) is 4.14. The molecule has 0 unspecified atom stereocenters. The van der Waals surface area contributed by atoms with Gasteiger partial charge in [-0.3, -0.25) is 4.79 Å². The van der Waals surface area contributed by atoms with Crippen LogP contribution in [0.3, 0.4) is 0 Å². The van der Waals surface area contributed by atoms with Crippen molar-refractivity contribution in [1.82, 2.24) is 5.32 Å². The van der Waals surface area contributed by atoms with E-state index in [0.29, 0.717) is 0 Å². The van der Waals surface area contributed by atoms with Crippen LogP contribution >= 0.6 is 0 Å². The van der Waals surface area contributed by atoms with Crippen LogP contribution in [0.4, 0.5) is 4.79 Å². The highest BCUT2D eigenvalue weighted by molar-refractivity contribution is 6.88. The van der Waals surface area contributed by atoms with E-state index in [9.17, 15) is 4.79 Å². The zero-order chi connectivity index (χ0) is 9.90. The Balaban J connectivity index is 2.38. The summed E-state index contributed by atoms with van der Waals surface area (Å²) in [7, 11) is 0. The van der Waals surface area contributed by atoms with Crippen LogP contribution in [0.5, 0.6) is 0 Å². The number of hydrogen-bond donors (Lipinski definition) is 1. The van der Waals surface area contributed by atoms with Gasteiger partial charge < -0.3 is 10.1 Å². The molecular formula is C9H18BNO2. The minimum atomic E-state index is -0.345. The fraction of sp³-hybridized carbons (Fsp3) is 0.889. The van der Waals surface area contributed by atoms with E-state index in [4.69, 9.17) is 4.74 Å². The standard InChI is InChI=1S/C9H18BNO2/c1-9(2,3)13-8(12)10-4-6-11-7-5-10/h11H,4-7H2,1-3H3. The molecular weight excluding hydrogens is 165 g/mol. The molecule has 4 heteroatoms. The molecule has 1 heterocycles. The summed E-state index contributed by atoms with van der Waals surface area (Å²) in [5, 5.41) is 3.22. The molecule has 1 rings (SSSR count). The van der Waals surface area contributed by atoms with Gasteiger partial charge in [-0.05, 0) is 33.9 Å². The second-order valence-corrected chi connectivity index (χ2v) is 4.56. The Bertz CT molecular complexity index is 183. The fourth-order valence-electron chi connectivity index (χ4n) is 1.44. The highest BCUT2D eigenvalue weighted by Gasteiger charge is 2.29. The normalized spacial score (nSPS) is 18.5. The minimum Gasteiger partial charge on any atom is -0.468 e. The molecule has 74 valence electrons. The van der Waals surface area contributed by atoms with E-state index in [0.717, 1.165) is 25.7 Å². The average molecular weight is 183 g/mol. The quantitative estimate of drug-likeness (QED) is 0.627. The molecule has 0 bridgehead atoms. The lowest BCUT2D eigenvalue weighted by Crippen LogP contribution is -2.41. The van der Waals surface area contributed by atoms with Crippen molar-refractivity contribution < 1.29 is 9.53 Å². The molecule has 0 aromatic heterocycles. The molecule has 1 saturated heterocycles. The maximum absolute atomic E-state index is 11.6. The monoisotopic (exact) mass is 183 g/mol. The molecule has 3 nitrogen and oxygen atoms in total. The summed E-state index contributed by atoms with van der Waals surface area (Å²) >= 11 is 0. The van der Waals surface area contributed by atoms with Crippen molar-refractivity contribution in [2.75, 3.05) is 13.1 Å². The van der Waals surface area contributed by atoms with Crippen molar-refractivity contribution in [3.8, 4) is 0 Å². The summed E-state index contributed by atoms with van der Waals surface area (Å²) in [5.41, 5.74) is -0.345. The summed E-state index contributed by atoms with van der Waals surface area (Å²) in [4.78, 5) is 11.6. The molecule has 1 aliphatic heterocycles. The minimum absolute atomic E-state index is 0.0333. The summed E-state index contributed by atoms with van der Waals surface area (Å²) in [6.45, 7) is 7.71. The Kier molecular flexibility index (Phi) is 3.36. The van der Waals surface area contributed by atoms with Crippen molar-refractivity contribution in [1.29, 1.82) is 0 Å². The number of carbonyl (C=O) groups excluding carboxylic acids is 1. The molecule has 0 aromatic carbocycles. The van der Waals surface area contributed by atoms with Gasteiger partial charge in [0.15, 0.2) is 0 Å². The molecule has 0 aromatic rings. The predicted molar refractivity (Wildman–Crippen MR) is 54.5 cm³/mol. The number of rotatable bonds is 1. The topological polar surface area (TPSA) is 38.3 Å².